The second kappa shape index (κ2) is 10.9. The first-order valence-corrected chi connectivity index (χ1v) is 10.7. The van der Waals surface area contributed by atoms with Crippen molar-refractivity contribution in [2.45, 2.75) is 57.0 Å². The third kappa shape index (κ3) is 7.15. The molecule has 0 aromatic heterocycles. The van der Waals surface area contributed by atoms with Crippen LogP contribution in [-0.2, 0) is 4.79 Å². The molecule has 0 radical (unpaired) electrons. The van der Waals surface area contributed by atoms with Crippen LogP contribution in [0.2, 0.25) is 0 Å². The fourth-order valence-electron chi connectivity index (χ4n) is 3.65. The van der Waals surface area contributed by atoms with Crippen LogP contribution in [0, 0.1) is 5.92 Å². The zero-order valence-electron chi connectivity index (χ0n) is 17.6. The van der Waals surface area contributed by atoms with E-state index in [4.69, 9.17) is 9.47 Å². The van der Waals surface area contributed by atoms with E-state index >= 15 is 0 Å². The molecule has 7 heteroatoms. The maximum absolute atomic E-state index is 12.3. The Morgan fingerprint density at radius 2 is 1.97 bits per heavy atom. The van der Waals surface area contributed by atoms with Crippen molar-refractivity contribution in [1.29, 1.82) is 0 Å². The number of carbonyl (C=O) groups excluding carboxylic acids is 1. The second-order valence-corrected chi connectivity index (χ2v) is 7.87. The zero-order chi connectivity index (χ0) is 20.5. The number of nitrogens with zero attached hydrogens (tertiary/aromatic N) is 1. The summed E-state index contributed by atoms with van der Waals surface area (Å²) in [6.45, 7) is 1.38. The minimum Gasteiger partial charge on any atom is -0.497 e. The molecule has 2 aliphatic carbocycles. The summed E-state index contributed by atoms with van der Waals surface area (Å²) < 4.78 is 11.0. The van der Waals surface area contributed by atoms with Gasteiger partial charge in [-0.3, -0.25) is 9.79 Å². The van der Waals surface area contributed by atoms with Crippen molar-refractivity contribution in [3.05, 3.63) is 24.3 Å². The summed E-state index contributed by atoms with van der Waals surface area (Å²) in [4.78, 5) is 16.7. The van der Waals surface area contributed by atoms with E-state index in [2.05, 4.69) is 20.9 Å². The van der Waals surface area contributed by atoms with Gasteiger partial charge in [0.25, 0.3) is 0 Å². The average molecular weight is 403 g/mol. The van der Waals surface area contributed by atoms with Gasteiger partial charge in [-0.05, 0) is 50.7 Å². The number of nitrogens with one attached hydrogen (secondary N) is 3. The Balaban J connectivity index is 1.33. The maximum Gasteiger partial charge on any atom is 0.223 e. The second-order valence-electron chi connectivity index (χ2n) is 7.87. The maximum atomic E-state index is 12.3. The van der Waals surface area contributed by atoms with Crippen LogP contribution in [0.25, 0.3) is 0 Å². The minimum atomic E-state index is 0.121. The summed E-state index contributed by atoms with van der Waals surface area (Å²) in [5.74, 6) is 2.75. The third-order valence-electron chi connectivity index (χ3n) is 5.46. The van der Waals surface area contributed by atoms with E-state index in [1.54, 1.807) is 14.2 Å². The molecule has 2 fully saturated rings. The van der Waals surface area contributed by atoms with Crippen LogP contribution in [-0.4, -0.2) is 51.3 Å². The molecule has 0 spiro atoms. The fourth-order valence-corrected chi connectivity index (χ4v) is 3.65. The molecule has 2 saturated carbocycles. The van der Waals surface area contributed by atoms with Crippen molar-refractivity contribution in [3.63, 3.8) is 0 Å². The number of carbonyl (C=O) groups is 1. The van der Waals surface area contributed by atoms with E-state index < -0.39 is 0 Å². The minimum absolute atomic E-state index is 0.121. The van der Waals surface area contributed by atoms with Gasteiger partial charge in [-0.2, -0.15) is 0 Å². The highest BCUT2D eigenvalue weighted by Crippen LogP contribution is 2.26. The van der Waals surface area contributed by atoms with Crippen LogP contribution in [0.5, 0.6) is 11.5 Å². The Morgan fingerprint density at radius 3 is 2.72 bits per heavy atom. The molecule has 1 aromatic carbocycles. The molecule has 2 atom stereocenters. The fraction of sp³-hybridized carbons (Fsp3) is 0.636. The SMILES string of the molecule is CN=C(NCCCOc1cccc(OC)c1)NC1CCCC(C(=O)NC2CC2)C1. The molecule has 160 valence electrons. The highest BCUT2D eigenvalue weighted by molar-refractivity contribution is 5.81. The number of benzene rings is 1. The van der Waals surface area contributed by atoms with Gasteiger partial charge in [0.15, 0.2) is 5.96 Å². The molecule has 7 nitrogen and oxygen atoms in total. The Kier molecular flexibility index (Phi) is 8.02. The van der Waals surface area contributed by atoms with Gasteiger partial charge in [0.2, 0.25) is 5.91 Å². The molecule has 1 amide bonds. The van der Waals surface area contributed by atoms with Crippen molar-refractivity contribution in [2.24, 2.45) is 10.9 Å². The Labute approximate surface area is 173 Å². The number of aliphatic imine (C=N–C) groups is 1. The summed E-state index contributed by atoms with van der Waals surface area (Å²) in [5.41, 5.74) is 0. The first kappa shape index (κ1) is 21.3. The van der Waals surface area contributed by atoms with Crippen LogP contribution in [0.15, 0.2) is 29.3 Å². The number of guanidine groups is 1. The van der Waals surface area contributed by atoms with E-state index in [-0.39, 0.29) is 17.9 Å². The number of ether oxygens (including phenoxy) is 2. The van der Waals surface area contributed by atoms with E-state index in [1.807, 2.05) is 24.3 Å². The van der Waals surface area contributed by atoms with Crippen molar-refractivity contribution >= 4 is 11.9 Å². The Morgan fingerprint density at radius 1 is 1.14 bits per heavy atom. The van der Waals surface area contributed by atoms with Gasteiger partial charge in [-0.15, -0.1) is 0 Å². The number of hydrogen-bond donors (Lipinski definition) is 3. The van der Waals surface area contributed by atoms with Crippen LogP contribution < -0.4 is 25.4 Å². The lowest BCUT2D eigenvalue weighted by Crippen LogP contribution is -2.47. The first-order valence-electron chi connectivity index (χ1n) is 10.7. The Bertz CT molecular complexity index is 690. The van der Waals surface area contributed by atoms with Crippen molar-refractivity contribution in [1.82, 2.24) is 16.0 Å². The molecule has 0 aliphatic heterocycles. The number of amides is 1. The molecule has 0 bridgehead atoms. The van der Waals surface area contributed by atoms with Crippen molar-refractivity contribution in [2.75, 3.05) is 27.3 Å². The van der Waals surface area contributed by atoms with Crippen LogP contribution in [0.4, 0.5) is 0 Å². The summed E-state index contributed by atoms with van der Waals surface area (Å²) in [6.07, 6.45) is 7.15. The molecule has 3 N–H and O–H groups in total. The summed E-state index contributed by atoms with van der Waals surface area (Å²) in [5, 5.41) is 9.98. The highest BCUT2D eigenvalue weighted by atomic mass is 16.5. The largest absolute Gasteiger partial charge is 0.497 e. The van der Waals surface area contributed by atoms with Crippen LogP contribution in [0.3, 0.4) is 0 Å². The van der Waals surface area contributed by atoms with Gasteiger partial charge in [-0.1, -0.05) is 12.5 Å². The predicted octanol–water partition coefficient (Wildman–Crippen LogP) is 2.47. The topological polar surface area (TPSA) is 84.0 Å². The third-order valence-corrected chi connectivity index (χ3v) is 5.46. The van der Waals surface area contributed by atoms with E-state index in [0.717, 1.165) is 68.9 Å². The van der Waals surface area contributed by atoms with Gasteiger partial charge in [0.1, 0.15) is 11.5 Å². The molecule has 1 aromatic rings. The molecule has 3 rings (SSSR count). The first-order chi connectivity index (χ1) is 14.2. The molecule has 0 saturated heterocycles. The molecular weight excluding hydrogens is 368 g/mol. The lowest BCUT2D eigenvalue weighted by Gasteiger charge is -2.30. The molecule has 2 unspecified atom stereocenters. The van der Waals surface area contributed by atoms with Gasteiger partial charge in [0.05, 0.1) is 13.7 Å². The Hall–Kier alpha value is -2.44. The van der Waals surface area contributed by atoms with Crippen molar-refractivity contribution < 1.29 is 14.3 Å². The van der Waals surface area contributed by atoms with E-state index in [9.17, 15) is 4.79 Å². The highest BCUT2D eigenvalue weighted by Gasteiger charge is 2.31. The molecule has 0 heterocycles. The van der Waals surface area contributed by atoms with E-state index in [0.29, 0.717) is 12.6 Å². The molecule has 29 heavy (non-hydrogen) atoms. The lowest BCUT2D eigenvalue weighted by molar-refractivity contribution is -0.126. The normalized spacial score (nSPS) is 21.9. The summed E-state index contributed by atoms with van der Waals surface area (Å²) in [7, 11) is 3.43. The average Bonchev–Trinajstić information content (AvgIpc) is 3.57. The lowest BCUT2D eigenvalue weighted by atomic mass is 9.85. The summed E-state index contributed by atoms with van der Waals surface area (Å²) >= 11 is 0. The zero-order valence-corrected chi connectivity index (χ0v) is 17.6. The van der Waals surface area contributed by atoms with Gasteiger partial charge in [-0.25, -0.2) is 0 Å². The quantitative estimate of drug-likeness (QED) is 0.336. The van der Waals surface area contributed by atoms with Gasteiger partial charge < -0.3 is 25.4 Å². The van der Waals surface area contributed by atoms with Gasteiger partial charge >= 0.3 is 0 Å². The standard InChI is InChI=1S/C22H34N4O3/c1-23-22(24-12-5-13-29-20-9-4-8-19(15-20)28-2)26-18-7-3-6-16(14-18)21(27)25-17-10-11-17/h4,8-9,15-18H,3,5-7,10-14H2,1-2H3,(H,25,27)(H2,23,24,26). The number of rotatable bonds is 9. The van der Waals surface area contributed by atoms with E-state index in [1.165, 1.54) is 0 Å². The smallest absolute Gasteiger partial charge is 0.223 e. The van der Waals surface area contributed by atoms with Crippen LogP contribution in [0.1, 0.15) is 44.9 Å². The number of hydrogen-bond acceptors (Lipinski definition) is 4. The van der Waals surface area contributed by atoms with Gasteiger partial charge in [0, 0.05) is 37.7 Å². The van der Waals surface area contributed by atoms with Crippen molar-refractivity contribution in [3.8, 4) is 11.5 Å². The molecular formula is C22H34N4O3. The monoisotopic (exact) mass is 402 g/mol. The summed E-state index contributed by atoms with van der Waals surface area (Å²) in [6, 6.07) is 8.35. The van der Waals surface area contributed by atoms with Crippen LogP contribution >= 0.6 is 0 Å². The molecule has 2 aliphatic rings. The number of methoxy groups -OCH3 is 1. The predicted molar refractivity (Wildman–Crippen MR) is 115 cm³/mol.